The average molecular weight is 240 g/mol. The third-order valence-electron chi connectivity index (χ3n) is 2.84. The molecule has 3 aromatic rings. The molecule has 0 aliphatic carbocycles. The molecule has 1 unspecified atom stereocenters. The minimum Gasteiger partial charge on any atom is -0.389 e. The van der Waals surface area contributed by atoms with E-state index in [4.69, 9.17) is 0 Å². The summed E-state index contributed by atoms with van der Waals surface area (Å²) in [6.07, 6.45) is 6.28. The zero-order valence-electron chi connectivity index (χ0n) is 9.85. The number of nitrogens with zero attached hydrogens (tertiary/aromatic N) is 4. The lowest BCUT2D eigenvalue weighted by atomic mass is 10.2. The normalized spacial score (nSPS) is 12.8. The van der Waals surface area contributed by atoms with Crippen LogP contribution in [0.1, 0.15) is 18.6 Å². The summed E-state index contributed by atoms with van der Waals surface area (Å²) >= 11 is 0. The third-order valence-corrected chi connectivity index (χ3v) is 2.84. The van der Waals surface area contributed by atoms with Crippen LogP contribution >= 0.6 is 0 Å². The Morgan fingerprint density at radius 2 is 2.11 bits per heavy atom. The Bertz CT molecular complexity index is 676. The van der Waals surface area contributed by atoms with Gasteiger partial charge in [0, 0.05) is 29.7 Å². The summed E-state index contributed by atoms with van der Waals surface area (Å²) in [5, 5.41) is 13.9. The molecular weight excluding hydrogens is 228 g/mol. The zero-order valence-corrected chi connectivity index (χ0v) is 9.85. The van der Waals surface area contributed by atoms with Gasteiger partial charge in [0.05, 0.1) is 18.0 Å². The van der Waals surface area contributed by atoms with Crippen molar-refractivity contribution in [2.45, 2.75) is 13.0 Å². The van der Waals surface area contributed by atoms with Crippen LogP contribution in [0, 0.1) is 0 Å². The van der Waals surface area contributed by atoms with Crippen molar-refractivity contribution >= 4 is 5.65 Å². The first-order valence-electron chi connectivity index (χ1n) is 5.68. The molecule has 0 fully saturated rings. The smallest absolute Gasteiger partial charge is 0.161 e. The molecule has 5 nitrogen and oxygen atoms in total. The van der Waals surface area contributed by atoms with Crippen LogP contribution in [0.4, 0.5) is 0 Å². The molecule has 5 heteroatoms. The minimum atomic E-state index is -0.584. The van der Waals surface area contributed by atoms with Crippen molar-refractivity contribution in [3.05, 3.63) is 48.5 Å². The van der Waals surface area contributed by atoms with Gasteiger partial charge in [-0.25, -0.2) is 9.50 Å². The molecule has 0 bridgehead atoms. The van der Waals surface area contributed by atoms with Gasteiger partial charge in [-0.05, 0) is 25.1 Å². The van der Waals surface area contributed by atoms with E-state index in [2.05, 4.69) is 15.1 Å². The largest absolute Gasteiger partial charge is 0.389 e. The summed E-state index contributed by atoms with van der Waals surface area (Å²) in [7, 11) is 0. The van der Waals surface area contributed by atoms with Gasteiger partial charge in [0.2, 0.25) is 0 Å². The monoisotopic (exact) mass is 240 g/mol. The molecule has 3 aromatic heterocycles. The molecule has 0 saturated heterocycles. The van der Waals surface area contributed by atoms with Crippen LogP contribution in [0.15, 0.2) is 43.0 Å². The van der Waals surface area contributed by atoms with E-state index in [1.54, 1.807) is 36.2 Å². The molecular formula is C13H12N4O. The van der Waals surface area contributed by atoms with Crippen LogP contribution in [0.5, 0.6) is 0 Å². The van der Waals surface area contributed by atoms with Gasteiger partial charge in [0.25, 0.3) is 0 Å². The van der Waals surface area contributed by atoms with Gasteiger partial charge >= 0.3 is 0 Å². The number of aliphatic hydroxyl groups is 1. The first-order chi connectivity index (χ1) is 8.77. The molecule has 1 N–H and O–H groups in total. The van der Waals surface area contributed by atoms with Gasteiger partial charge in [-0.2, -0.15) is 5.10 Å². The van der Waals surface area contributed by atoms with Crippen LogP contribution in [0.3, 0.4) is 0 Å². The van der Waals surface area contributed by atoms with E-state index in [1.807, 2.05) is 18.2 Å². The maximum Gasteiger partial charge on any atom is 0.161 e. The van der Waals surface area contributed by atoms with E-state index in [0.717, 1.165) is 16.8 Å². The molecule has 3 rings (SSSR count). The lowest BCUT2D eigenvalue weighted by Crippen LogP contribution is -1.97. The van der Waals surface area contributed by atoms with E-state index in [1.165, 1.54) is 0 Å². The van der Waals surface area contributed by atoms with Crippen LogP contribution in [-0.2, 0) is 0 Å². The van der Waals surface area contributed by atoms with Crippen molar-refractivity contribution in [3.63, 3.8) is 0 Å². The predicted octanol–water partition coefficient (Wildman–Crippen LogP) is 1.84. The lowest BCUT2D eigenvalue weighted by Gasteiger charge is -2.05. The summed E-state index contributed by atoms with van der Waals surface area (Å²) in [4.78, 5) is 8.37. The highest BCUT2D eigenvalue weighted by Gasteiger charge is 2.13. The number of fused-ring (bicyclic) bond motifs is 1. The Hall–Kier alpha value is -2.27. The quantitative estimate of drug-likeness (QED) is 0.742. The molecule has 3 heterocycles. The summed E-state index contributed by atoms with van der Waals surface area (Å²) in [6.45, 7) is 1.70. The number of hydrogen-bond acceptors (Lipinski definition) is 4. The van der Waals surface area contributed by atoms with Gasteiger partial charge in [-0.15, -0.1) is 0 Å². The molecule has 0 saturated carbocycles. The van der Waals surface area contributed by atoms with Gasteiger partial charge in [0.15, 0.2) is 5.65 Å². The van der Waals surface area contributed by atoms with E-state index in [-0.39, 0.29) is 0 Å². The van der Waals surface area contributed by atoms with Gasteiger partial charge in [0.1, 0.15) is 0 Å². The number of aliphatic hydroxyl groups excluding tert-OH is 1. The van der Waals surface area contributed by atoms with Crippen molar-refractivity contribution in [3.8, 4) is 11.3 Å². The first kappa shape index (κ1) is 10.9. The maximum atomic E-state index is 9.67. The van der Waals surface area contributed by atoms with Crippen LogP contribution in [0.2, 0.25) is 0 Å². The predicted molar refractivity (Wildman–Crippen MR) is 66.9 cm³/mol. The van der Waals surface area contributed by atoms with Crippen molar-refractivity contribution in [2.24, 2.45) is 0 Å². The van der Waals surface area contributed by atoms with Crippen LogP contribution < -0.4 is 0 Å². The molecule has 0 spiro atoms. The van der Waals surface area contributed by atoms with Gasteiger partial charge in [-0.1, -0.05) is 0 Å². The molecule has 90 valence electrons. The molecule has 1 atom stereocenters. The molecule has 0 aromatic carbocycles. The fourth-order valence-electron chi connectivity index (χ4n) is 1.94. The van der Waals surface area contributed by atoms with E-state index in [9.17, 15) is 5.11 Å². The summed E-state index contributed by atoms with van der Waals surface area (Å²) in [5.74, 6) is 0. The SMILES string of the molecule is CC(O)c1cnn2c(-c3cccnc3)ccnc12. The molecule has 0 amide bonds. The zero-order chi connectivity index (χ0) is 12.5. The number of rotatable bonds is 2. The highest BCUT2D eigenvalue weighted by Crippen LogP contribution is 2.22. The molecule has 0 aliphatic heterocycles. The molecule has 0 radical (unpaired) electrons. The fourth-order valence-corrected chi connectivity index (χ4v) is 1.94. The second kappa shape index (κ2) is 4.19. The average Bonchev–Trinajstić information content (AvgIpc) is 2.83. The topological polar surface area (TPSA) is 63.3 Å². The fraction of sp³-hybridized carbons (Fsp3) is 0.154. The summed E-state index contributed by atoms with van der Waals surface area (Å²) < 4.78 is 1.72. The Morgan fingerprint density at radius 3 is 2.83 bits per heavy atom. The second-order valence-corrected chi connectivity index (χ2v) is 4.08. The van der Waals surface area contributed by atoms with E-state index in [0.29, 0.717) is 5.65 Å². The summed E-state index contributed by atoms with van der Waals surface area (Å²) in [5.41, 5.74) is 3.26. The van der Waals surface area contributed by atoms with Crippen molar-refractivity contribution in [2.75, 3.05) is 0 Å². The first-order valence-corrected chi connectivity index (χ1v) is 5.68. The van der Waals surface area contributed by atoms with E-state index >= 15 is 0 Å². The standard InChI is InChI=1S/C13H12N4O/c1-9(18)11-8-16-17-12(4-6-15-13(11)17)10-3-2-5-14-7-10/h2-9,18H,1H3. The van der Waals surface area contributed by atoms with Crippen molar-refractivity contribution < 1.29 is 5.11 Å². The van der Waals surface area contributed by atoms with Gasteiger partial charge in [-0.3, -0.25) is 4.98 Å². The van der Waals surface area contributed by atoms with Crippen molar-refractivity contribution in [1.29, 1.82) is 0 Å². The Morgan fingerprint density at radius 1 is 1.22 bits per heavy atom. The number of hydrogen-bond donors (Lipinski definition) is 1. The molecule has 0 aliphatic rings. The highest BCUT2D eigenvalue weighted by atomic mass is 16.3. The summed E-state index contributed by atoms with van der Waals surface area (Å²) in [6, 6.07) is 5.72. The van der Waals surface area contributed by atoms with Crippen molar-refractivity contribution in [1.82, 2.24) is 19.6 Å². The molecule has 18 heavy (non-hydrogen) atoms. The Kier molecular flexibility index (Phi) is 2.53. The highest BCUT2D eigenvalue weighted by molar-refractivity contribution is 5.62. The van der Waals surface area contributed by atoms with E-state index < -0.39 is 6.10 Å². The number of aromatic nitrogens is 4. The maximum absolute atomic E-state index is 9.67. The minimum absolute atomic E-state index is 0.584. The Labute approximate surface area is 104 Å². The van der Waals surface area contributed by atoms with Crippen LogP contribution in [-0.4, -0.2) is 24.7 Å². The van der Waals surface area contributed by atoms with Crippen LogP contribution in [0.25, 0.3) is 16.9 Å². The number of pyridine rings is 1. The third kappa shape index (κ3) is 1.65. The lowest BCUT2D eigenvalue weighted by molar-refractivity contribution is 0.200. The second-order valence-electron chi connectivity index (χ2n) is 4.08. The van der Waals surface area contributed by atoms with Gasteiger partial charge < -0.3 is 5.11 Å². The Balaban J connectivity index is 2.26.